The van der Waals surface area contributed by atoms with Crippen LogP contribution in [0.2, 0.25) is 0 Å². The lowest BCUT2D eigenvalue weighted by molar-refractivity contribution is 0.115. The first-order valence-corrected chi connectivity index (χ1v) is 8.17. The average molecular weight is 268 g/mol. The SMILES string of the molecule is COCCN1CCC(CCC2CCN(C)CC2)CC1. The van der Waals surface area contributed by atoms with Gasteiger partial charge in [0.2, 0.25) is 0 Å². The molecular formula is C16H32N2O. The third kappa shape index (κ3) is 5.41. The number of methoxy groups -OCH3 is 1. The maximum atomic E-state index is 5.16. The van der Waals surface area contributed by atoms with E-state index in [1.54, 1.807) is 7.11 Å². The minimum absolute atomic E-state index is 0.889. The first-order chi connectivity index (χ1) is 9.28. The largest absolute Gasteiger partial charge is 0.383 e. The van der Waals surface area contributed by atoms with Crippen LogP contribution in [-0.2, 0) is 4.74 Å². The van der Waals surface area contributed by atoms with Crippen LogP contribution in [0.15, 0.2) is 0 Å². The van der Waals surface area contributed by atoms with Crippen molar-refractivity contribution in [3.8, 4) is 0 Å². The fraction of sp³-hybridized carbons (Fsp3) is 1.00. The Morgan fingerprint density at radius 1 is 0.895 bits per heavy atom. The number of rotatable bonds is 6. The summed E-state index contributed by atoms with van der Waals surface area (Å²) >= 11 is 0. The van der Waals surface area contributed by atoms with Gasteiger partial charge in [-0.25, -0.2) is 0 Å². The second kappa shape index (κ2) is 8.23. The quantitative estimate of drug-likeness (QED) is 0.736. The molecule has 0 radical (unpaired) electrons. The van der Waals surface area contributed by atoms with Gasteiger partial charge in [-0.05, 0) is 70.7 Å². The molecule has 112 valence electrons. The Kier molecular flexibility index (Phi) is 6.62. The number of likely N-dealkylation sites (tertiary alicyclic amines) is 2. The fourth-order valence-electron chi connectivity index (χ4n) is 3.54. The van der Waals surface area contributed by atoms with Crippen LogP contribution in [0.25, 0.3) is 0 Å². The number of hydrogen-bond donors (Lipinski definition) is 0. The number of nitrogens with zero attached hydrogens (tertiary/aromatic N) is 2. The molecule has 2 aliphatic heterocycles. The highest BCUT2D eigenvalue weighted by Crippen LogP contribution is 2.27. The topological polar surface area (TPSA) is 15.7 Å². The van der Waals surface area contributed by atoms with Crippen LogP contribution in [0.5, 0.6) is 0 Å². The van der Waals surface area contributed by atoms with Crippen molar-refractivity contribution in [3.63, 3.8) is 0 Å². The predicted octanol–water partition coefficient (Wildman–Crippen LogP) is 2.47. The maximum Gasteiger partial charge on any atom is 0.0589 e. The van der Waals surface area contributed by atoms with Gasteiger partial charge in [0.1, 0.15) is 0 Å². The highest BCUT2D eigenvalue weighted by Gasteiger charge is 2.21. The molecule has 3 nitrogen and oxygen atoms in total. The molecule has 0 unspecified atom stereocenters. The molecule has 0 aliphatic carbocycles. The Balaban J connectivity index is 1.55. The summed E-state index contributed by atoms with van der Waals surface area (Å²) in [6, 6.07) is 0. The highest BCUT2D eigenvalue weighted by molar-refractivity contribution is 4.75. The van der Waals surface area contributed by atoms with Gasteiger partial charge in [-0.3, -0.25) is 0 Å². The summed E-state index contributed by atoms with van der Waals surface area (Å²) in [7, 11) is 4.06. The van der Waals surface area contributed by atoms with Crippen molar-refractivity contribution < 1.29 is 4.74 Å². The van der Waals surface area contributed by atoms with Crippen LogP contribution in [0.3, 0.4) is 0 Å². The van der Waals surface area contributed by atoms with Crippen molar-refractivity contribution >= 4 is 0 Å². The molecule has 0 saturated carbocycles. The molecule has 2 aliphatic rings. The van der Waals surface area contributed by atoms with E-state index >= 15 is 0 Å². The third-order valence-corrected chi connectivity index (χ3v) is 5.14. The first-order valence-electron chi connectivity index (χ1n) is 8.17. The van der Waals surface area contributed by atoms with Crippen molar-refractivity contribution in [1.82, 2.24) is 9.80 Å². The molecule has 0 aromatic rings. The molecule has 19 heavy (non-hydrogen) atoms. The smallest absolute Gasteiger partial charge is 0.0589 e. The zero-order valence-corrected chi connectivity index (χ0v) is 12.9. The van der Waals surface area contributed by atoms with Gasteiger partial charge < -0.3 is 14.5 Å². The van der Waals surface area contributed by atoms with Gasteiger partial charge in [0.15, 0.2) is 0 Å². The third-order valence-electron chi connectivity index (χ3n) is 5.14. The molecule has 0 spiro atoms. The molecule has 2 saturated heterocycles. The molecule has 0 aromatic carbocycles. The molecule has 2 heterocycles. The summed E-state index contributed by atoms with van der Waals surface area (Å²) in [5.41, 5.74) is 0. The van der Waals surface area contributed by atoms with Crippen LogP contribution >= 0.6 is 0 Å². The second-order valence-corrected chi connectivity index (χ2v) is 6.60. The summed E-state index contributed by atoms with van der Waals surface area (Å²) in [6.07, 6.45) is 8.65. The second-order valence-electron chi connectivity index (χ2n) is 6.60. The average Bonchev–Trinajstić information content (AvgIpc) is 2.46. The van der Waals surface area contributed by atoms with Crippen molar-refractivity contribution in [2.45, 2.75) is 38.5 Å². The minimum atomic E-state index is 0.889. The van der Waals surface area contributed by atoms with Gasteiger partial charge in [0, 0.05) is 13.7 Å². The molecule has 2 rings (SSSR count). The molecule has 0 atom stereocenters. The summed E-state index contributed by atoms with van der Waals surface area (Å²) in [6.45, 7) is 7.24. The Labute approximate surface area is 119 Å². The van der Waals surface area contributed by atoms with Gasteiger partial charge in [-0.1, -0.05) is 12.8 Å². The molecule has 3 heteroatoms. The van der Waals surface area contributed by atoms with Gasteiger partial charge in [0.25, 0.3) is 0 Å². The predicted molar refractivity (Wildman–Crippen MR) is 80.5 cm³/mol. The molecule has 0 amide bonds. The van der Waals surface area contributed by atoms with Gasteiger partial charge in [0.05, 0.1) is 6.61 Å². The Bertz CT molecular complexity index is 231. The molecular weight excluding hydrogens is 236 g/mol. The monoisotopic (exact) mass is 268 g/mol. The number of ether oxygens (including phenoxy) is 1. The van der Waals surface area contributed by atoms with E-state index in [1.807, 2.05) is 0 Å². The van der Waals surface area contributed by atoms with Crippen molar-refractivity contribution in [3.05, 3.63) is 0 Å². The van der Waals surface area contributed by atoms with Crippen LogP contribution in [0.4, 0.5) is 0 Å². The van der Waals surface area contributed by atoms with Crippen LogP contribution in [0, 0.1) is 11.8 Å². The van der Waals surface area contributed by atoms with Crippen LogP contribution < -0.4 is 0 Å². The zero-order valence-electron chi connectivity index (χ0n) is 12.9. The normalized spacial score (nSPS) is 24.9. The van der Waals surface area contributed by atoms with E-state index in [9.17, 15) is 0 Å². The van der Waals surface area contributed by atoms with Crippen LogP contribution in [0.1, 0.15) is 38.5 Å². The van der Waals surface area contributed by atoms with E-state index in [4.69, 9.17) is 4.74 Å². The van der Waals surface area contributed by atoms with Crippen molar-refractivity contribution in [1.29, 1.82) is 0 Å². The Hall–Kier alpha value is -0.120. The summed E-state index contributed by atoms with van der Waals surface area (Å²) in [5, 5.41) is 0. The summed E-state index contributed by atoms with van der Waals surface area (Å²) in [5.74, 6) is 2.01. The lowest BCUT2D eigenvalue weighted by atomic mass is 9.85. The van der Waals surface area contributed by atoms with E-state index in [0.717, 1.165) is 25.0 Å². The van der Waals surface area contributed by atoms with E-state index in [1.165, 1.54) is 64.7 Å². The zero-order chi connectivity index (χ0) is 13.5. The van der Waals surface area contributed by atoms with Crippen molar-refractivity contribution in [2.75, 3.05) is 53.5 Å². The number of hydrogen-bond acceptors (Lipinski definition) is 3. The molecule has 0 aromatic heterocycles. The Morgan fingerprint density at radius 2 is 1.42 bits per heavy atom. The van der Waals surface area contributed by atoms with Gasteiger partial charge in [-0.15, -0.1) is 0 Å². The fourth-order valence-corrected chi connectivity index (χ4v) is 3.54. The van der Waals surface area contributed by atoms with Gasteiger partial charge >= 0.3 is 0 Å². The minimum Gasteiger partial charge on any atom is -0.383 e. The maximum absolute atomic E-state index is 5.16. The summed E-state index contributed by atoms with van der Waals surface area (Å²) in [4.78, 5) is 5.04. The van der Waals surface area contributed by atoms with E-state index in [2.05, 4.69) is 16.8 Å². The Morgan fingerprint density at radius 3 is 1.95 bits per heavy atom. The first kappa shape index (κ1) is 15.3. The van der Waals surface area contributed by atoms with Gasteiger partial charge in [-0.2, -0.15) is 0 Å². The summed E-state index contributed by atoms with van der Waals surface area (Å²) < 4.78 is 5.16. The van der Waals surface area contributed by atoms with E-state index < -0.39 is 0 Å². The standard InChI is InChI=1S/C16H32N2O/c1-17-9-5-15(6-10-17)3-4-16-7-11-18(12-8-16)13-14-19-2/h15-16H,3-14H2,1-2H3. The van der Waals surface area contributed by atoms with E-state index in [0.29, 0.717) is 0 Å². The molecule has 2 fully saturated rings. The van der Waals surface area contributed by atoms with E-state index in [-0.39, 0.29) is 0 Å². The van der Waals surface area contributed by atoms with Crippen molar-refractivity contribution in [2.24, 2.45) is 11.8 Å². The lowest BCUT2D eigenvalue weighted by Crippen LogP contribution is -2.36. The molecule has 0 bridgehead atoms. The van der Waals surface area contributed by atoms with Crippen LogP contribution in [-0.4, -0.2) is 63.3 Å². The lowest BCUT2D eigenvalue weighted by Gasteiger charge is -2.33. The number of piperidine rings is 2. The highest BCUT2D eigenvalue weighted by atomic mass is 16.5. The molecule has 0 N–H and O–H groups in total.